The lowest BCUT2D eigenvalue weighted by atomic mass is 10.1. The van der Waals surface area contributed by atoms with Crippen molar-refractivity contribution in [3.8, 4) is 5.75 Å². The van der Waals surface area contributed by atoms with Gasteiger partial charge in [0.25, 0.3) is 0 Å². The van der Waals surface area contributed by atoms with Gasteiger partial charge in [-0.2, -0.15) is 0 Å². The van der Waals surface area contributed by atoms with Crippen LogP contribution in [0.15, 0.2) is 29.2 Å². The Labute approximate surface area is 142 Å². The molecule has 0 radical (unpaired) electrons. The SMILES string of the molecule is CCCCCCCCCCCCOc1ccc(S(C)(=O)=O)cc1. The van der Waals surface area contributed by atoms with Crippen molar-refractivity contribution in [3.05, 3.63) is 24.3 Å². The Morgan fingerprint density at radius 3 is 1.74 bits per heavy atom. The van der Waals surface area contributed by atoms with Gasteiger partial charge in [-0.3, -0.25) is 0 Å². The van der Waals surface area contributed by atoms with Crippen LogP contribution in [0.3, 0.4) is 0 Å². The first kappa shape index (κ1) is 20.0. The molecule has 4 heteroatoms. The Balaban J connectivity index is 2.01. The summed E-state index contributed by atoms with van der Waals surface area (Å²) in [5.41, 5.74) is 0. The molecule has 0 aliphatic rings. The Kier molecular flexibility index (Phi) is 10.0. The van der Waals surface area contributed by atoms with Crippen molar-refractivity contribution < 1.29 is 13.2 Å². The predicted molar refractivity (Wildman–Crippen MR) is 96.9 cm³/mol. The molecule has 0 amide bonds. The highest BCUT2D eigenvalue weighted by molar-refractivity contribution is 7.90. The Hall–Kier alpha value is -1.03. The largest absolute Gasteiger partial charge is 0.494 e. The van der Waals surface area contributed by atoms with Gasteiger partial charge in [0, 0.05) is 6.26 Å². The Bertz CT molecular complexity index is 506. The third-order valence-corrected chi connectivity index (χ3v) is 5.15. The molecule has 132 valence electrons. The highest BCUT2D eigenvalue weighted by Crippen LogP contribution is 2.16. The van der Waals surface area contributed by atoms with Crippen LogP contribution >= 0.6 is 0 Å². The quantitative estimate of drug-likeness (QED) is 0.452. The van der Waals surface area contributed by atoms with Crippen molar-refractivity contribution in [2.24, 2.45) is 0 Å². The monoisotopic (exact) mass is 340 g/mol. The zero-order chi connectivity index (χ0) is 17.0. The van der Waals surface area contributed by atoms with Crippen LogP contribution in [0, 0.1) is 0 Å². The molecule has 0 unspecified atom stereocenters. The van der Waals surface area contributed by atoms with Gasteiger partial charge >= 0.3 is 0 Å². The second-order valence-corrected chi connectivity index (χ2v) is 8.29. The fraction of sp³-hybridized carbons (Fsp3) is 0.684. The van der Waals surface area contributed by atoms with E-state index in [0.29, 0.717) is 11.5 Å². The molecule has 0 heterocycles. The van der Waals surface area contributed by atoms with Gasteiger partial charge in [-0.15, -0.1) is 0 Å². The van der Waals surface area contributed by atoms with Crippen LogP contribution in [0.5, 0.6) is 5.75 Å². The summed E-state index contributed by atoms with van der Waals surface area (Å²) in [7, 11) is -3.12. The summed E-state index contributed by atoms with van der Waals surface area (Å²) >= 11 is 0. The normalized spacial score (nSPS) is 11.6. The molecule has 0 bridgehead atoms. The molecule has 0 fully saturated rings. The smallest absolute Gasteiger partial charge is 0.175 e. The molecule has 0 N–H and O–H groups in total. The fourth-order valence-electron chi connectivity index (χ4n) is 2.56. The van der Waals surface area contributed by atoms with E-state index in [2.05, 4.69) is 6.92 Å². The first-order valence-electron chi connectivity index (χ1n) is 8.97. The zero-order valence-corrected chi connectivity index (χ0v) is 15.5. The summed E-state index contributed by atoms with van der Waals surface area (Å²) < 4.78 is 28.4. The van der Waals surface area contributed by atoms with Crippen molar-refractivity contribution in [1.82, 2.24) is 0 Å². The number of sulfone groups is 1. The first-order chi connectivity index (χ1) is 11.0. The maximum absolute atomic E-state index is 11.4. The Morgan fingerprint density at radius 2 is 1.26 bits per heavy atom. The summed E-state index contributed by atoms with van der Waals surface area (Å²) in [5, 5.41) is 0. The number of hydrogen-bond donors (Lipinski definition) is 0. The van der Waals surface area contributed by atoms with Gasteiger partial charge in [0.2, 0.25) is 0 Å². The van der Waals surface area contributed by atoms with Gasteiger partial charge < -0.3 is 4.74 Å². The molecule has 0 aliphatic heterocycles. The summed E-state index contributed by atoms with van der Waals surface area (Å²) in [6.07, 6.45) is 14.3. The van der Waals surface area contributed by atoms with Crippen LogP contribution in [-0.2, 0) is 9.84 Å². The summed E-state index contributed by atoms with van der Waals surface area (Å²) in [5.74, 6) is 0.744. The molecule has 1 aromatic rings. The maximum Gasteiger partial charge on any atom is 0.175 e. The van der Waals surface area contributed by atoms with Crippen LogP contribution in [0.1, 0.15) is 71.1 Å². The fourth-order valence-corrected chi connectivity index (χ4v) is 3.19. The van der Waals surface area contributed by atoms with Crippen molar-refractivity contribution >= 4 is 9.84 Å². The minimum Gasteiger partial charge on any atom is -0.494 e. The average Bonchev–Trinajstić information content (AvgIpc) is 2.52. The van der Waals surface area contributed by atoms with Crippen LogP contribution < -0.4 is 4.74 Å². The van der Waals surface area contributed by atoms with E-state index < -0.39 is 9.84 Å². The lowest BCUT2D eigenvalue weighted by Gasteiger charge is -2.07. The van der Waals surface area contributed by atoms with Crippen LogP contribution in [0.4, 0.5) is 0 Å². The molecular formula is C19H32O3S. The van der Waals surface area contributed by atoms with Crippen molar-refractivity contribution in [3.63, 3.8) is 0 Å². The molecular weight excluding hydrogens is 308 g/mol. The van der Waals surface area contributed by atoms with Crippen LogP contribution in [0.25, 0.3) is 0 Å². The number of hydrogen-bond acceptors (Lipinski definition) is 3. The highest BCUT2D eigenvalue weighted by atomic mass is 32.2. The molecule has 0 aliphatic carbocycles. The number of rotatable bonds is 13. The highest BCUT2D eigenvalue weighted by Gasteiger charge is 2.06. The lowest BCUT2D eigenvalue weighted by Crippen LogP contribution is -1.99. The van der Waals surface area contributed by atoms with E-state index in [9.17, 15) is 8.42 Å². The molecule has 1 aromatic carbocycles. The molecule has 23 heavy (non-hydrogen) atoms. The van der Waals surface area contributed by atoms with Crippen LogP contribution in [0.2, 0.25) is 0 Å². The van der Waals surface area contributed by atoms with Crippen molar-refractivity contribution in [2.75, 3.05) is 12.9 Å². The van der Waals surface area contributed by atoms with E-state index in [-0.39, 0.29) is 0 Å². The van der Waals surface area contributed by atoms with Gasteiger partial charge in [0.1, 0.15) is 5.75 Å². The standard InChI is InChI=1S/C19H32O3S/c1-3-4-5-6-7-8-9-10-11-12-17-22-18-13-15-19(16-14-18)23(2,20)21/h13-16H,3-12,17H2,1-2H3. The summed E-state index contributed by atoms with van der Waals surface area (Å²) in [6, 6.07) is 6.66. The van der Waals surface area contributed by atoms with E-state index in [1.54, 1.807) is 24.3 Å². The summed E-state index contributed by atoms with van der Waals surface area (Å²) in [4.78, 5) is 0.337. The third kappa shape index (κ3) is 9.65. The number of unbranched alkanes of at least 4 members (excludes halogenated alkanes) is 9. The maximum atomic E-state index is 11.4. The third-order valence-electron chi connectivity index (χ3n) is 4.02. The minimum atomic E-state index is -3.12. The zero-order valence-electron chi connectivity index (χ0n) is 14.7. The van der Waals surface area contributed by atoms with E-state index >= 15 is 0 Å². The number of benzene rings is 1. The second-order valence-electron chi connectivity index (χ2n) is 6.27. The lowest BCUT2D eigenvalue weighted by molar-refractivity contribution is 0.304. The summed E-state index contributed by atoms with van der Waals surface area (Å²) in [6.45, 7) is 2.96. The van der Waals surface area contributed by atoms with Gasteiger partial charge in [-0.05, 0) is 30.7 Å². The first-order valence-corrected chi connectivity index (χ1v) is 10.9. The van der Waals surface area contributed by atoms with Crippen molar-refractivity contribution in [1.29, 1.82) is 0 Å². The second kappa shape index (κ2) is 11.5. The van der Waals surface area contributed by atoms with Gasteiger partial charge in [0.05, 0.1) is 11.5 Å². The Morgan fingerprint density at radius 1 is 0.783 bits per heavy atom. The molecule has 0 saturated heterocycles. The minimum absolute atomic E-state index is 0.337. The van der Waals surface area contributed by atoms with Gasteiger partial charge in [-0.25, -0.2) is 8.42 Å². The van der Waals surface area contributed by atoms with E-state index in [1.165, 1.54) is 64.0 Å². The molecule has 1 rings (SSSR count). The molecule has 0 saturated carbocycles. The van der Waals surface area contributed by atoms with Gasteiger partial charge in [-0.1, -0.05) is 64.7 Å². The van der Waals surface area contributed by atoms with Crippen molar-refractivity contribution in [2.45, 2.75) is 76.0 Å². The molecule has 0 spiro atoms. The topological polar surface area (TPSA) is 43.4 Å². The molecule has 0 atom stereocenters. The number of ether oxygens (including phenoxy) is 1. The van der Waals surface area contributed by atoms with E-state index in [4.69, 9.17) is 4.74 Å². The van der Waals surface area contributed by atoms with Crippen LogP contribution in [-0.4, -0.2) is 21.3 Å². The predicted octanol–water partition coefficient (Wildman–Crippen LogP) is 5.39. The van der Waals surface area contributed by atoms with E-state index in [1.807, 2.05) is 0 Å². The average molecular weight is 341 g/mol. The van der Waals surface area contributed by atoms with Gasteiger partial charge in [0.15, 0.2) is 9.84 Å². The molecule has 3 nitrogen and oxygen atoms in total. The molecule has 0 aromatic heterocycles. The van der Waals surface area contributed by atoms with E-state index in [0.717, 1.165) is 12.2 Å².